The summed E-state index contributed by atoms with van der Waals surface area (Å²) in [7, 11) is 3.87. The largest absolute Gasteiger partial charge is 0.368 e. The van der Waals surface area contributed by atoms with Crippen molar-refractivity contribution in [1.82, 2.24) is 24.9 Å². The van der Waals surface area contributed by atoms with Gasteiger partial charge in [-0.05, 0) is 63.3 Å². The highest BCUT2D eigenvalue weighted by Gasteiger charge is 2.35. The molecule has 0 spiro atoms. The molecule has 7 rings (SSSR count). The maximum Gasteiger partial charge on any atom is 0.270 e. The summed E-state index contributed by atoms with van der Waals surface area (Å²) in [5, 5.41) is 17.5. The second-order valence-electron chi connectivity index (χ2n) is 13.2. The second-order valence-corrected chi connectivity index (χ2v) is 13.2. The van der Waals surface area contributed by atoms with Crippen molar-refractivity contribution in [2.24, 2.45) is 0 Å². The molecule has 0 aliphatic carbocycles. The Hall–Kier alpha value is -5.24. The molecule has 1 saturated heterocycles. The van der Waals surface area contributed by atoms with E-state index in [1.807, 2.05) is 49.3 Å². The Morgan fingerprint density at radius 1 is 0.700 bits per heavy atom. The highest BCUT2D eigenvalue weighted by Crippen LogP contribution is 2.36. The number of benzene rings is 4. The van der Waals surface area contributed by atoms with Crippen LogP contribution in [0.2, 0.25) is 0 Å². The summed E-state index contributed by atoms with van der Waals surface area (Å²) in [6, 6.07) is 17.2. The van der Waals surface area contributed by atoms with Gasteiger partial charge in [0.25, 0.3) is 29.3 Å². The van der Waals surface area contributed by atoms with Gasteiger partial charge < -0.3 is 20.0 Å². The van der Waals surface area contributed by atoms with Crippen molar-refractivity contribution in [3.05, 3.63) is 93.0 Å². The third-order valence-corrected chi connectivity index (χ3v) is 10.0. The van der Waals surface area contributed by atoms with Crippen molar-refractivity contribution in [1.29, 1.82) is 0 Å². The van der Waals surface area contributed by atoms with Crippen LogP contribution in [0.5, 0.6) is 0 Å². The summed E-state index contributed by atoms with van der Waals surface area (Å²) < 4.78 is 0. The van der Waals surface area contributed by atoms with Crippen LogP contribution in [0.4, 0.5) is 11.4 Å². The topological polar surface area (TPSA) is 140 Å². The lowest BCUT2D eigenvalue weighted by Crippen LogP contribution is -2.45. The molecule has 4 aromatic rings. The molecular weight excluding hydrogens is 638 g/mol. The van der Waals surface area contributed by atoms with Gasteiger partial charge in [0.1, 0.15) is 0 Å². The molecule has 3 heterocycles. The first-order chi connectivity index (χ1) is 24.1. The van der Waals surface area contributed by atoms with E-state index in [4.69, 9.17) is 0 Å². The number of nitro groups is 1. The van der Waals surface area contributed by atoms with Crippen LogP contribution in [0.15, 0.2) is 60.7 Å². The first kappa shape index (κ1) is 33.3. The number of carbonyl (C=O) groups excluding carboxylic acids is 4. The third-order valence-electron chi connectivity index (χ3n) is 10.0. The molecular formula is C37H39N7O6. The number of nitrogens with zero attached hydrogens (tertiary/aromatic N) is 6. The number of rotatable bonds is 12. The van der Waals surface area contributed by atoms with E-state index >= 15 is 0 Å². The van der Waals surface area contributed by atoms with Crippen LogP contribution in [-0.4, -0.2) is 128 Å². The number of hydrogen-bond donors (Lipinski definition) is 1. The smallest absolute Gasteiger partial charge is 0.270 e. The fraction of sp³-hybridized carbons (Fsp3) is 0.351. The van der Waals surface area contributed by atoms with Crippen molar-refractivity contribution >= 4 is 56.5 Å². The van der Waals surface area contributed by atoms with Crippen molar-refractivity contribution in [2.45, 2.75) is 6.42 Å². The van der Waals surface area contributed by atoms with Gasteiger partial charge in [0.15, 0.2) is 0 Å². The molecule has 258 valence electrons. The summed E-state index contributed by atoms with van der Waals surface area (Å²) in [5.74, 6) is -1.48. The fourth-order valence-corrected chi connectivity index (χ4v) is 7.34. The lowest BCUT2D eigenvalue weighted by Gasteiger charge is -2.33. The Labute approximate surface area is 289 Å². The SMILES string of the molecule is CN(CCCN(C)CCN1C(=O)c2cccc3c(N4CCNCC4)ccc(c23)C1=O)CCN1C(=O)c2cccc3cc([N+](=O)[O-])cc(c23)C1=O. The minimum absolute atomic E-state index is 0.146. The lowest BCUT2D eigenvalue weighted by atomic mass is 9.92. The molecule has 0 atom stereocenters. The zero-order valence-electron chi connectivity index (χ0n) is 28.2. The van der Waals surface area contributed by atoms with E-state index in [1.165, 1.54) is 21.9 Å². The number of nitrogens with one attached hydrogen (secondary N) is 1. The summed E-state index contributed by atoms with van der Waals surface area (Å²) in [4.78, 5) is 73.7. The van der Waals surface area contributed by atoms with E-state index < -0.39 is 16.7 Å². The molecule has 50 heavy (non-hydrogen) atoms. The Bertz CT molecular complexity index is 2040. The first-order valence-corrected chi connectivity index (χ1v) is 17.0. The van der Waals surface area contributed by atoms with Crippen molar-refractivity contribution in [2.75, 3.05) is 84.4 Å². The van der Waals surface area contributed by atoms with Gasteiger partial charge in [-0.1, -0.05) is 24.3 Å². The summed E-state index contributed by atoms with van der Waals surface area (Å²) in [6.07, 6.45) is 0.780. The number of likely N-dealkylation sites (N-methyl/N-ethyl adjacent to an activating group) is 2. The van der Waals surface area contributed by atoms with E-state index in [1.54, 1.807) is 18.2 Å². The Kier molecular flexibility index (Phi) is 9.03. The monoisotopic (exact) mass is 677 g/mol. The average Bonchev–Trinajstić information content (AvgIpc) is 3.12. The molecule has 13 nitrogen and oxygen atoms in total. The van der Waals surface area contributed by atoms with Crippen LogP contribution in [0.3, 0.4) is 0 Å². The van der Waals surface area contributed by atoms with Crippen LogP contribution < -0.4 is 10.2 Å². The van der Waals surface area contributed by atoms with Gasteiger partial charge >= 0.3 is 0 Å². The number of piperazine rings is 1. The summed E-state index contributed by atoms with van der Waals surface area (Å²) in [5.41, 5.74) is 2.50. The number of imide groups is 2. The zero-order valence-corrected chi connectivity index (χ0v) is 28.2. The molecule has 0 radical (unpaired) electrons. The number of nitro benzene ring substituents is 1. The molecule has 1 N–H and O–H groups in total. The second kappa shape index (κ2) is 13.6. The molecule has 13 heteroatoms. The van der Waals surface area contributed by atoms with Gasteiger partial charge in [-0.2, -0.15) is 0 Å². The predicted molar refractivity (Wildman–Crippen MR) is 190 cm³/mol. The quantitative estimate of drug-likeness (QED) is 0.135. The minimum Gasteiger partial charge on any atom is -0.368 e. The minimum atomic E-state index is -0.535. The Balaban J connectivity index is 0.921. The Morgan fingerprint density at radius 3 is 1.88 bits per heavy atom. The Morgan fingerprint density at radius 2 is 1.26 bits per heavy atom. The van der Waals surface area contributed by atoms with Gasteiger partial charge in [0.05, 0.1) is 10.5 Å². The molecule has 3 aliphatic heterocycles. The van der Waals surface area contributed by atoms with Crippen LogP contribution in [0, 0.1) is 10.1 Å². The van der Waals surface area contributed by atoms with E-state index in [2.05, 4.69) is 15.1 Å². The molecule has 4 aromatic carbocycles. The molecule has 4 amide bonds. The van der Waals surface area contributed by atoms with Crippen molar-refractivity contribution in [3.63, 3.8) is 0 Å². The number of amides is 4. The maximum atomic E-state index is 13.6. The standard InChI is InChI=1S/C37H39N7O6/c1-39(18-20-42-35(46)28-9-4-7-26-31(41-16-12-38-13-17-41)11-10-29(33(26)28)36(42)47)14-5-15-40(2)19-21-43-34(45)27-8-3-6-24-22-25(44(49)50)23-30(32(24)27)37(43)48/h3-4,6-11,22-23,38H,5,12-21H2,1-2H3. The van der Waals surface area contributed by atoms with Crippen LogP contribution in [0.25, 0.3) is 21.5 Å². The summed E-state index contributed by atoms with van der Waals surface area (Å²) >= 11 is 0. The van der Waals surface area contributed by atoms with E-state index in [0.29, 0.717) is 53.6 Å². The molecule has 0 unspecified atom stereocenters. The third kappa shape index (κ3) is 5.97. The summed E-state index contributed by atoms with van der Waals surface area (Å²) in [6.45, 7) is 6.27. The number of hydrogen-bond acceptors (Lipinski definition) is 10. The van der Waals surface area contributed by atoms with Crippen LogP contribution in [-0.2, 0) is 0 Å². The van der Waals surface area contributed by atoms with Gasteiger partial charge in [-0.3, -0.25) is 39.1 Å². The molecule has 0 aromatic heterocycles. The molecule has 0 bridgehead atoms. The number of carbonyl (C=O) groups is 4. The van der Waals surface area contributed by atoms with E-state index in [0.717, 1.165) is 49.1 Å². The van der Waals surface area contributed by atoms with E-state index in [-0.39, 0.29) is 36.2 Å². The molecule has 0 saturated carbocycles. The predicted octanol–water partition coefficient (Wildman–Crippen LogP) is 3.46. The molecule has 1 fully saturated rings. The number of non-ortho nitro benzene ring substituents is 1. The van der Waals surface area contributed by atoms with Gasteiger partial charge in [0.2, 0.25) is 0 Å². The first-order valence-electron chi connectivity index (χ1n) is 17.0. The normalized spacial score (nSPS) is 16.1. The van der Waals surface area contributed by atoms with Crippen LogP contribution in [0.1, 0.15) is 47.9 Å². The maximum absolute atomic E-state index is 13.6. The highest BCUT2D eigenvalue weighted by molar-refractivity contribution is 6.27. The van der Waals surface area contributed by atoms with Crippen molar-refractivity contribution < 1.29 is 24.1 Å². The average molecular weight is 678 g/mol. The van der Waals surface area contributed by atoms with Crippen molar-refractivity contribution in [3.8, 4) is 0 Å². The number of anilines is 1. The van der Waals surface area contributed by atoms with Gasteiger partial charge in [0, 0.05) is 103 Å². The highest BCUT2D eigenvalue weighted by atomic mass is 16.6. The van der Waals surface area contributed by atoms with Gasteiger partial charge in [-0.15, -0.1) is 0 Å². The van der Waals surface area contributed by atoms with Crippen LogP contribution >= 0.6 is 0 Å². The zero-order chi connectivity index (χ0) is 35.1. The molecule has 3 aliphatic rings. The lowest BCUT2D eigenvalue weighted by molar-refractivity contribution is -0.384. The van der Waals surface area contributed by atoms with E-state index in [9.17, 15) is 29.3 Å². The van der Waals surface area contributed by atoms with Gasteiger partial charge in [-0.25, -0.2) is 0 Å². The fourth-order valence-electron chi connectivity index (χ4n) is 7.34.